The van der Waals surface area contributed by atoms with E-state index in [1.54, 1.807) is 39.0 Å². The van der Waals surface area contributed by atoms with Gasteiger partial charge < -0.3 is 15.6 Å². The lowest BCUT2D eigenvalue weighted by Crippen LogP contribution is -2.27. The average molecular weight is 301 g/mol. The van der Waals surface area contributed by atoms with Gasteiger partial charge in [-0.1, -0.05) is 17.7 Å². The van der Waals surface area contributed by atoms with Crippen molar-refractivity contribution in [2.75, 3.05) is 11.9 Å². The topological polar surface area (TPSA) is 84.6 Å². The maximum absolute atomic E-state index is 11.6. The molecular weight excluding hydrogens is 280 g/mol. The Morgan fingerprint density at radius 3 is 2.65 bits per heavy atom. The smallest absolute Gasteiger partial charge is 0.412 e. The van der Waals surface area contributed by atoms with E-state index in [9.17, 15) is 4.79 Å². The molecule has 0 aliphatic rings. The molecule has 0 aliphatic heterocycles. The van der Waals surface area contributed by atoms with Crippen molar-refractivity contribution in [3.05, 3.63) is 28.8 Å². The van der Waals surface area contributed by atoms with Crippen molar-refractivity contribution in [1.82, 2.24) is 0 Å². The number of hydrogen-bond donors (Lipinski definition) is 3. The van der Waals surface area contributed by atoms with E-state index >= 15 is 0 Å². The normalized spacial score (nSPS) is 12.9. The lowest BCUT2D eigenvalue weighted by molar-refractivity contribution is 0.0636. The van der Waals surface area contributed by atoms with Crippen LogP contribution in [0.1, 0.15) is 26.3 Å². The first kappa shape index (κ1) is 16.8. The molecule has 1 aromatic carbocycles. The van der Waals surface area contributed by atoms with Crippen LogP contribution < -0.4 is 11.1 Å². The van der Waals surface area contributed by atoms with Crippen LogP contribution in [0, 0.1) is 0 Å². The van der Waals surface area contributed by atoms with Gasteiger partial charge in [0.15, 0.2) is 0 Å². The lowest BCUT2D eigenvalue weighted by Gasteiger charge is -2.20. The minimum absolute atomic E-state index is 0.103. The molecule has 0 saturated heterocycles. The van der Waals surface area contributed by atoms with Crippen LogP contribution in [0.25, 0.3) is 0 Å². The van der Waals surface area contributed by atoms with Crippen LogP contribution in [0.15, 0.2) is 18.2 Å². The molecule has 5 nitrogen and oxygen atoms in total. The summed E-state index contributed by atoms with van der Waals surface area (Å²) >= 11 is 6.12. The highest BCUT2D eigenvalue weighted by molar-refractivity contribution is 6.31. The van der Waals surface area contributed by atoms with Crippen LogP contribution in [0.2, 0.25) is 5.02 Å². The highest BCUT2D eigenvalue weighted by atomic mass is 35.5. The molecular formula is C14H21ClN2O3. The summed E-state index contributed by atoms with van der Waals surface area (Å²) < 4.78 is 5.15. The van der Waals surface area contributed by atoms with Crippen molar-refractivity contribution < 1.29 is 14.6 Å². The Morgan fingerprint density at radius 2 is 2.15 bits per heavy atom. The molecule has 0 spiro atoms. The second-order valence-corrected chi connectivity index (χ2v) is 5.99. The standard InChI is InChI=1S/C14H21ClN2O3/c1-14(2,3)20-13(19)17-11-5-4-9(12(15)7-11)6-10(16)8-18/h4-5,7,10,18H,6,8,16H2,1-3H3,(H,17,19). The third-order valence-electron chi connectivity index (χ3n) is 2.41. The molecule has 1 rings (SSSR count). The first-order valence-corrected chi connectivity index (χ1v) is 6.74. The fourth-order valence-corrected chi connectivity index (χ4v) is 1.82. The molecule has 6 heteroatoms. The SMILES string of the molecule is CC(C)(C)OC(=O)Nc1ccc(CC(N)CO)c(Cl)c1. The number of aliphatic hydroxyl groups is 1. The summed E-state index contributed by atoms with van der Waals surface area (Å²) in [4.78, 5) is 11.6. The molecule has 0 fully saturated rings. The average Bonchev–Trinajstić information content (AvgIpc) is 2.29. The molecule has 112 valence electrons. The van der Waals surface area contributed by atoms with Crippen LogP contribution in [0.5, 0.6) is 0 Å². The number of nitrogens with two attached hydrogens (primary N) is 1. The van der Waals surface area contributed by atoms with Crippen LogP contribution >= 0.6 is 11.6 Å². The van der Waals surface area contributed by atoms with E-state index in [-0.39, 0.29) is 12.6 Å². The Kier molecular flexibility index (Phi) is 5.80. The summed E-state index contributed by atoms with van der Waals surface area (Å²) in [7, 11) is 0. The predicted octanol–water partition coefficient (Wildman–Crippen LogP) is 2.55. The number of halogens is 1. The third kappa shape index (κ3) is 5.77. The van der Waals surface area contributed by atoms with E-state index in [0.29, 0.717) is 17.1 Å². The molecule has 0 radical (unpaired) electrons. The van der Waals surface area contributed by atoms with Crippen molar-refractivity contribution in [2.24, 2.45) is 5.73 Å². The molecule has 1 atom stereocenters. The number of nitrogens with one attached hydrogen (secondary N) is 1. The van der Waals surface area contributed by atoms with Crippen LogP contribution in [-0.2, 0) is 11.2 Å². The highest BCUT2D eigenvalue weighted by Crippen LogP contribution is 2.22. The van der Waals surface area contributed by atoms with Gasteiger partial charge in [0.05, 0.1) is 6.61 Å². The van der Waals surface area contributed by atoms with Gasteiger partial charge in [0.1, 0.15) is 5.60 Å². The number of amides is 1. The van der Waals surface area contributed by atoms with Gasteiger partial charge in [-0.3, -0.25) is 5.32 Å². The summed E-state index contributed by atoms with van der Waals surface area (Å²) in [6.45, 7) is 5.27. The molecule has 0 heterocycles. The van der Waals surface area contributed by atoms with Gasteiger partial charge in [-0.05, 0) is 44.9 Å². The van der Waals surface area contributed by atoms with Crippen molar-refractivity contribution >= 4 is 23.4 Å². The highest BCUT2D eigenvalue weighted by Gasteiger charge is 2.16. The number of benzene rings is 1. The summed E-state index contributed by atoms with van der Waals surface area (Å²) in [5.41, 5.74) is 6.48. The molecule has 4 N–H and O–H groups in total. The largest absolute Gasteiger partial charge is 0.444 e. The Labute approximate surface area is 124 Å². The van der Waals surface area contributed by atoms with E-state index in [1.165, 1.54) is 0 Å². The van der Waals surface area contributed by atoms with Gasteiger partial charge in [0.2, 0.25) is 0 Å². The van der Waals surface area contributed by atoms with E-state index in [2.05, 4.69) is 5.32 Å². The Bertz CT molecular complexity index is 472. The number of carbonyl (C=O) groups excluding carboxylic acids is 1. The van der Waals surface area contributed by atoms with Crippen molar-refractivity contribution in [2.45, 2.75) is 38.8 Å². The fourth-order valence-electron chi connectivity index (χ4n) is 1.56. The predicted molar refractivity (Wildman–Crippen MR) is 80.1 cm³/mol. The van der Waals surface area contributed by atoms with Gasteiger partial charge >= 0.3 is 6.09 Å². The van der Waals surface area contributed by atoms with Crippen molar-refractivity contribution in [1.29, 1.82) is 0 Å². The second-order valence-electron chi connectivity index (χ2n) is 5.58. The number of carbonyl (C=O) groups is 1. The summed E-state index contributed by atoms with van der Waals surface area (Å²) in [5, 5.41) is 12.0. The van der Waals surface area contributed by atoms with Crippen molar-refractivity contribution in [3.63, 3.8) is 0 Å². The zero-order valence-electron chi connectivity index (χ0n) is 11.9. The number of hydrogen-bond acceptors (Lipinski definition) is 4. The minimum atomic E-state index is -0.554. The van der Waals surface area contributed by atoms with Gasteiger partial charge in [-0.15, -0.1) is 0 Å². The Morgan fingerprint density at radius 1 is 1.50 bits per heavy atom. The third-order valence-corrected chi connectivity index (χ3v) is 2.77. The van der Waals surface area contributed by atoms with E-state index < -0.39 is 11.7 Å². The van der Waals surface area contributed by atoms with Crippen LogP contribution in [0.4, 0.5) is 10.5 Å². The Hall–Kier alpha value is -1.30. The maximum Gasteiger partial charge on any atom is 0.412 e. The summed E-state index contributed by atoms with van der Waals surface area (Å²) in [6, 6.07) is 4.77. The first-order chi connectivity index (χ1) is 9.21. The maximum atomic E-state index is 11.6. The second kappa shape index (κ2) is 6.92. The molecule has 0 saturated carbocycles. The number of anilines is 1. The summed E-state index contributed by atoms with van der Waals surface area (Å²) in [6.07, 6.45) is -0.0597. The molecule has 0 bridgehead atoms. The molecule has 0 aliphatic carbocycles. The molecule has 1 unspecified atom stereocenters. The zero-order valence-corrected chi connectivity index (χ0v) is 12.7. The van der Waals surface area contributed by atoms with Crippen molar-refractivity contribution in [3.8, 4) is 0 Å². The monoisotopic (exact) mass is 300 g/mol. The van der Waals surface area contributed by atoms with Gasteiger partial charge in [-0.2, -0.15) is 0 Å². The van der Waals surface area contributed by atoms with Crippen LogP contribution in [-0.4, -0.2) is 29.4 Å². The molecule has 1 amide bonds. The lowest BCUT2D eigenvalue weighted by atomic mass is 10.1. The molecule has 20 heavy (non-hydrogen) atoms. The number of ether oxygens (including phenoxy) is 1. The van der Waals surface area contributed by atoms with Gasteiger partial charge in [0.25, 0.3) is 0 Å². The van der Waals surface area contributed by atoms with Gasteiger partial charge in [-0.25, -0.2) is 4.79 Å². The fraction of sp³-hybridized carbons (Fsp3) is 0.500. The number of rotatable bonds is 4. The van der Waals surface area contributed by atoms with E-state index in [0.717, 1.165) is 5.56 Å². The molecule has 1 aromatic rings. The number of aliphatic hydroxyl groups excluding tert-OH is 1. The van der Waals surface area contributed by atoms with Gasteiger partial charge in [0, 0.05) is 16.8 Å². The minimum Gasteiger partial charge on any atom is -0.444 e. The van der Waals surface area contributed by atoms with E-state index in [1.807, 2.05) is 0 Å². The molecule has 0 aromatic heterocycles. The quantitative estimate of drug-likeness (QED) is 0.798. The zero-order chi connectivity index (χ0) is 15.3. The Balaban J connectivity index is 2.70. The first-order valence-electron chi connectivity index (χ1n) is 6.36. The summed E-state index contributed by atoms with van der Waals surface area (Å²) in [5.74, 6) is 0. The van der Waals surface area contributed by atoms with E-state index in [4.69, 9.17) is 27.2 Å². The van der Waals surface area contributed by atoms with Crippen LogP contribution in [0.3, 0.4) is 0 Å².